The van der Waals surface area contributed by atoms with E-state index in [0.29, 0.717) is 10.3 Å². The Hall–Kier alpha value is -0.630. The molecule has 0 bridgehead atoms. The number of carbonyl (C=O) groups is 1. The van der Waals surface area contributed by atoms with E-state index in [-0.39, 0.29) is 28.7 Å². The van der Waals surface area contributed by atoms with Crippen LogP contribution in [-0.2, 0) is 14.8 Å². The van der Waals surface area contributed by atoms with Crippen molar-refractivity contribution in [3.63, 3.8) is 0 Å². The molecule has 8 heteroatoms. The minimum absolute atomic E-state index is 0.0993. The smallest absolute Gasteiger partial charge is 0.252 e. The Morgan fingerprint density at radius 1 is 1.35 bits per heavy atom. The first-order chi connectivity index (χ1) is 10.6. The Morgan fingerprint density at radius 3 is 2.39 bits per heavy atom. The van der Waals surface area contributed by atoms with Gasteiger partial charge >= 0.3 is 0 Å². The molecule has 1 aliphatic rings. The van der Waals surface area contributed by atoms with Crippen LogP contribution in [0.25, 0.3) is 0 Å². The van der Waals surface area contributed by atoms with Gasteiger partial charge in [0.05, 0.1) is 10.9 Å². The van der Waals surface area contributed by atoms with Gasteiger partial charge in [-0.15, -0.1) is 11.3 Å². The van der Waals surface area contributed by atoms with Gasteiger partial charge in [-0.25, -0.2) is 8.42 Å². The minimum Gasteiger partial charge on any atom is -0.336 e. The zero-order valence-electron chi connectivity index (χ0n) is 13.8. The normalized spacial score (nSPS) is 16.8. The van der Waals surface area contributed by atoms with Crippen molar-refractivity contribution in [2.24, 2.45) is 5.92 Å². The van der Waals surface area contributed by atoms with Crippen LogP contribution in [-0.4, -0.2) is 49.2 Å². The summed E-state index contributed by atoms with van der Waals surface area (Å²) >= 11 is 6.81. The number of thiophene rings is 1. The predicted molar refractivity (Wildman–Crippen MR) is 93.3 cm³/mol. The van der Waals surface area contributed by atoms with E-state index in [2.05, 4.69) is 13.8 Å². The molecule has 0 N–H and O–H groups in total. The second kappa shape index (κ2) is 7.09. The molecule has 0 aromatic carbocycles. The molecule has 23 heavy (non-hydrogen) atoms. The Labute approximate surface area is 147 Å². The topological polar surface area (TPSA) is 57.7 Å². The van der Waals surface area contributed by atoms with Crippen LogP contribution in [0, 0.1) is 5.92 Å². The molecule has 1 unspecified atom stereocenters. The fraction of sp³-hybridized carbons (Fsp3) is 0.667. The molecule has 1 atom stereocenters. The third-order valence-corrected chi connectivity index (χ3v) is 7.70. The lowest BCUT2D eigenvalue weighted by Gasteiger charge is -2.33. The summed E-state index contributed by atoms with van der Waals surface area (Å²) in [6, 6.07) is 3.37. The summed E-state index contributed by atoms with van der Waals surface area (Å²) in [5.74, 6) is 0.194. The van der Waals surface area contributed by atoms with Gasteiger partial charge in [-0.05, 0) is 37.8 Å². The quantitative estimate of drug-likeness (QED) is 0.732. The van der Waals surface area contributed by atoms with Gasteiger partial charge in [-0.3, -0.25) is 4.79 Å². The molecule has 1 aromatic heterocycles. The van der Waals surface area contributed by atoms with Crippen molar-refractivity contribution in [2.45, 2.75) is 49.9 Å². The maximum absolute atomic E-state index is 12.7. The Balaban J connectivity index is 2.11. The zero-order chi connectivity index (χ0) is 17.4. The third-order valence-electron chi connectivity index (χ3n) is 4.20. The molecular weight excluding hydrogens is 356 g/mol. The van der Waals surface area contributed by atoms with Crippen LogP contribution >= 0.6 is 22.9 Å². The van der Waals surface area contributed by atoms with Crippen LogP contribution in [0.1, 0.15) is 33.6 Å². The fourth-order valence-corrected chi connectivity index (χ4v) is 5.20. The number of halogens is 1. The van der Waals surface area contributed by atoms with Gasteiger partial charge in [0.25, 0.3) is 10.0 Å². The SMILES string of the molecule is CC(C)C(C)N(C(=O)CN(C)S(=O)(=O)c1ccc(Cl)s1)C1CC1. The number of hydrogen-bond acceptors (Lipinski definition) is 4. The first-order valence-electron chi connectivity index (χ1n) is 7.67. The fourth-order valence-electron chi connectivity index (χ4n) is 2.38. The first kappa shape index (κ1) is 18.7. The molecule has 1 amide bonds. The van der Waals surface area contributed by atoms with E-state index in [0.717, 1.165) is 28.5 Å². The van der Waals surface area contributed by atoms with Crippen molar-refractivity contribution in [3.8, 4) is 0 Å². The molecule has 1 fully saturated rings. The van der Waals surface area contributed by atoms with Gasteiger partial charge in [-0.2, -0.15) is 4.31 Å². The molecule has 1 aromatic rings. The Kier molecular flexibility index (Phi) is 5.76. The van der Waals surface area contributed by atoms with E-state index in [1.165, 1.54) is 13.1 Å². The summed E-state index contributed by atoms with van der Waals surface area (Å²) in [5, 5.41) is 0. The summed E-state index contributed by atoms with van der Waals surface area (Å²) in [6.07, 6.45) is 2.00. The van der Waals surface area contributed by atoms with Crippen molar-refractivity contribution in [2.75, 3.05) is 13.6 Å². The minimum atomic E-state index is -3.68. The molecule has 0 radical (unpaired) electrons. The average Bonchev–Trinajstić information content (AvgIpc) is 3.18. The largest absolute Gasteiger partial charge is 0.336 e. The van der Waals surface area contributed by atoms with Crippen molar-refractivity contribution < 1.29 is 13.2 Å². The van der Waals surface area contributed by atoms with Gasteiger partial charge in [0.15, 0.2) is 0 Å². The summed E-state index contributed by atoms with van der Waals surface area (Å²) in [6.45, 7) is 6.02. The standard InChI is InChI=1S/C15H23ClN2O3S2/c1-10(2)11(3)18(12-5-6-12)14(19)9-17(4)23(20,21)15-8-7-13(16)22-15/h7-8,10-12H,5-6,9H2,1-4H3. The maximum atomic E-state index is 12.7. The lowest BCUT2D eigenvalue weighted by molar-refractivity contribution is -0.134. The van der Waals surface area contributed by atoms with E-state index in [9.17, 15) is 13.2 Å². The monoisotopic (exact) mass is 378 g/mol. The number of sulfonamides is 1. The van der Waals surface area contributed by atoms with Crippen molar-refractivity contribution in [1.29, 1.82) is 0 Å². The highest BCUT2D eigenvalue weighted by molar-refractivity contribution is 7.91. The third kappa shape index (κ3) is 4.26. The summed E-state index contributed by atoms with van der Waals surface area (Å²) < 4.78 is 26.7. The number of hydrogen-bond donors (Lipinski definition) is 0. The molecule has 0 saturated heterocycles. The van der Waals surface area contributed by atoms with Crippen LogP contribution < -0.4 is 0 Å². The van der Waals surface area contributed by atoms with Crippen LogP contribution in [0.5, 0.6) is 0 Å². The molecule has 1 aliphatic carbocycles. The molecule has 1 saturated carbocycles. The lowest BCUT2D eigenvalue weighted by Crippen LogP contribution is -2.47. The number of amides is 1. The molecule has 5 nitrogen and oxygen atoms in total. The zero-order valence-corrected chi connectivity index (χ0v) is 16.2. The van der Waals surface area contributed by atoms with E-state index in [1.54, 1.807) is 6.07 Å². The second-order valence-corrected chi connectivity index (χ2v) is 10.3. The van der Waals surface area contributed by atoms with Crippen LogP contribution in [0.15, 0.2) is 16.3 Å². The maximum Gasteiger partial charge on any atom is 0.252 e. The Bertz CT molecular complexity index is 668. The lowest BCUT2D eigenvalue weighted by atomic mass is 10.0. The van der Waals surface area contributed by atoms with Gasteiger partial charge in [-0.1, -0.05) is 25.4 Å². The first-order valence-corrected chi connectivity index (χ1v) is 10.3. The molecule has 130 valence electrons. The van der Waals surface area contributed by atoms with Crippen molar-refractivity contribution in [3.05, 3.63) is 16.5 Å². The Morgan fingerprint density at radius 2 is 1.96 bits per heavy atom. The number of nitrogens with zero attached hydrogens (tertiary/aromatic N) is 2. The molecular formula is C15H23ClN2O3S2. The highest BCUT2D eigenvalue weighted by Crippen LogP contribution is 2.31. The summed E-state index contributed by atoms with van der Waals surface area (Å²) in [7, 11) is -2.24. The molecule has 1 heterocycles. The van der Waals surface area contributed by atoms with E-state index < -0.39 is 10.0 Å². The summed E-state index contributed by atoms with van der Waals surface area (Å²) in [4.78, 5) is 14.5. The second-order valence-electron chi connectivity index (χ2n) is 6.34. The van der Waals surface area contributed by atoms with Crippen LogP contribution in [0.4, 0.5) is 0 Å². The van der Waals surface area contributed by atoms with Gasteiger partial charge in [0.1, 0.15) is 4.21 Å². The van der Waals surface area contributed by atoms with Crippen molar-refractivity contribution >= 4 is 38.9 Å². The molecule has 2 rings (SSSR count). The number of rotatable bonds is 7. The number of carbonyl (C=O) groups excluding carboxylic acids is 1. The van der Waals surface area contributed by atoms with E-state index in [4.69, 9.17) is 11.6 Å². The van der Waals surface area contributed by atoms with E-state index >= 15 is 0 Å². The van der Waals surface area contributed by atoms with Crippen LogP contribution in [0.2, 0.25) is 4.34 Å². The van der Waals surface area contributed by atoms with Gasteiger partial charge < -0.3 is 4.90 Å². The predicted octanol–water partition coefficient (Wildman–Crippen LogP) is 3.06. The van der Waals surface area contributed by atoms with Gasteiger partial charge in [0, 0.05) is 19.1 Å². The highest BCUT2D eigenvalue weighted by Gasteiger charge is 2.38. The average molecular weight is 379 g/mol. The summed E-state index contributed by atoms with van der Waals surface area (Å²) in [5.41, 5.74) is 0. The van der Waals surface area contributed by atoms with E-state index in [1.807, 2.05) is 11.8 Å². The molecule has 0 aliphatic heterocycles. The highest BCUT2D eigenvalue weighted by atomic mass is 35.5. The van der Waals surface area contributed by atoms with Crippen LogP contribution in [0.3, 0.4) is 0 Å². The molecule has 0 spiro atoms. The van der Waals surface area contributed by atoms with Gasteiger partial charge in [0.2, 0.25) is 5.91 Å². The van der Waals surface area contributed by atoms with Crippen molar-refractivity contribution in [1.82, 2.24) is 9.21 Å². The number of likely N-dealkylation sites (N-methyl/N-ethyl adjacent to an activating group) is 1.